The minimum Gasteiger partial charge on any atom is -0.342 e. The third-order valence-electron chi connectivity index (χ3n) is 3.31. The summed E-state index contributed by atoms with van der Waals surface area (Å²) in [5.41, 5.74) is 8.97. The molecule has 0 unspecified atom stereocenters. The lowest BCUT2D eigenvalue weighted by Crippen LogP contribution is -2.17. The van der Waals surface area contributed by atoms with Gasteiger partial charge in [-0.25, -0.2) is 4.98 Å². The second kappa shape index (κ2) is 3.91. The summed E-state index contributed by atoms with van der Waals surface area (Å²) in [5.74, 6) is 1.05. The highest BCUT2D eigenvalue weighted by Gasteiger charge is 2.21. The first-order valence-electron chi connectivity index (χ1n) is 5.76. The van der Waals surface area contributed by atoms with Crippen molar-refractivity contribution in [3.63, 3.8) is 0 Å². The summed E-state index contributed by atoms with van der Waals surface area (Å²) >= 11 is 0. The van der Waals surface area contributed by atoms with Gasteiger partial charge in [0.25, 0.3) is 0 Å². The zero-order chi connectivity index (χ0) is 11.8. The zero-order valence-electron chi connectivity index (χ0n) is 10.2. The standard InChI is InChI=1S/C13H19N3/c1-4-13(2,3)12-15-10-6-5-9(8-14)7-11(10)16-12/h5-7H,4,8,14H2,1-3H3,(H,15,16). The van der Waals surface area contributed by atoms with Gasteiger partial charge < -0.3 is 10.7 Å². The smallest absolute Gasteiger partial charge is 0.112 e. The van der Waals surface area contributed by atoms with Crippen LogP contribution in [0.25, 0.3) is 11.0 Å². The fourth-order valence-electron chi connectivity index (χ4n) is 1.67. The Morgan fingerprint density at radius 1 is 1.38 bits per heavy atom. The van der Waals surface area contributed by atoms with E-state index in [-0.39, 0.29) is 5.41 Å². The number of rotatable bonds is 3. The minimum absolute atomic E-state index is 0.0991. The van der Waals surface area contributed by atoms with E-state index in [0.29, 0.717) is 6.54 Å². The Hall–Kier alpha value is -1.35. The first-order valence-corrected chi connectivity index (χ1v) is 5.76. The van der Waals surface area contributed by atoms with Crippen molar-refractivity contribution >= 4 is 11.0 Å². The summed E-state index contributed by atoms with van der Waals surface area (Å²) in [6, 6.07) is 6.15. The van der Waals surface area contributed by atoms with E-state index in [2.05, 4.69) is 36.8 Å². The Morgan fingerprint density at radius 3 is 2.75 bits per heavy atom. The van der Waals surface area contributed by atoms with Crippen LogP contribution in [0.1, 0.15) is 38.6 Å². The monoisotopic (exact) mass is 217 g/mol. The molecule has 1 aromatic carbocycles. The van der Waals surface area contributed by atoms with E-state index in [9.17, 15) is 0 Å². The number of aromatic amines is 1. The van der Waals surface area contributed by atoms with Crippen LogP contribution in [-0.4, -0.2) is 9.97 Å². The largest absolute Gasteiger partial charge is 0.342 e. The second-order valence-corrected chi connectivity index (χ2v) is 4.88. The Kier molecular flexibility index (Phi) is 2.72. The molecular formula is C13H19N3. The van der Waals surface area contributed by atoms with Gasteiger partial charge in [-0.3, -0.25) is 0 Å². The van der Waals surface area contributed by atoms with Crippen molar-refractivity contribution in [2.45, 2.75) is 39.2 Å². The molecule has 1 heterocycles. The number of H-pyrrole nitrogens is 1. The van der Waals surface area contributed by atoms with Crippen molar-refractivity contribution in [1.29, 1.82) is 0 Å². The van der Waals surface area contributed by atoms with Gasteiger partial charge in [-0.1, -0.05) is 26.8 Å². The average Bonchev–Trinajstić information content (AvgIpc) is 2.72. The van der Waals surface area contributed by atoms with Gasteiger partial charge in [0.15, 0.2) is 0 Å². The maximum atomic E-state index is 5.63. The van der Waals surface area contributed by atoms with Gasteiger partial charge in [0.05, 0.1) is 11.0 Å². The maximum absolute atomic E-state index is 5.63. The first-order chi connectivity index (χ1) is 7.56. The topological polar surface area (TPSA) is 54.7 Å². The van der Waals surface area contributed by atoms with E-state index in [4.69, 9.17) is 5.73 Å². The van der Waals surface area contributed by atoms with Gasteiger partial charge in [-0.05, 0) is 24.1 Å². The van der Waals surface area contributed by atoms with Crippen LogP contribution >= 0.6 is 0 Å². The molecule has 3 heteroatoms. The SMILES string of the molecule is CCC(C)(C)c1nc2ccc(CN)cc2[nH]1. The fraction of sp³-hybridized carbons (Fsp3) is 0.462. The number of imidazole rings is 1. The molecule has 0 spiro atoms. The Balaban J connectivity index is 2.52. The molecule has 0 amide bonds. The molecule has 0 aliphatic heterocycles. The fourth-order valence-corrected chi connectivity index (χ4v) is 1.67. The third-order valence-corrected chi connectivity index (χ3v) is 3.31. The molecule has 0 radical (unpaired) electrons. The number of nitrogens with one attached hydrogen (secondary N) is 1. The van der Waals surface area contributed by atoms with Gasteiger partial charge in [-0.2, -0.15) is 0 Å². The molecule has 2 aromatic rings. The van der Waals surface area contributed by atoms with Gasteiger partial charge in [0.1, 0.15) is 5.82 Å². The van der Waals surface area contributed by atoms with Crippen LogP contribution in [-0.2, 0) is 12.0 Å². The van der Waals surface area contributed by atoms with Crippen molar-refractivity contribution in [2.75, 3.05) is 0 Å². The van der Waals surface area contributed by atoms with E-state index in [1.807, 2.05) is 12.1 Å². The predicted molar refractivity (Wildman–Crippen MR) is 67.3 cm³/mol. The molecule has 2 rings (SSSR count). The molecule has 0 bridgehead atoms. The Morgan fingerprint density at radius 2 is 2.12 bits per heavy atom. The normalized spacial score (nSPS) is 12.2. The maximum Gasteiger partial charge on any atom is 0.112 e. The van der Waals surface area contributed by atoms with Crippen LogP contribution < -0.4 is 5.73 Å². The van der Waals surface area contributed by atoms with E-state index in [1.165, 1.54) is 0 Å². The number of benzene rings is 1. The predicted octanol–water partition coefficient (Wildman–Crippen LogP) is 2.71. The van der Waals surface area contributed by atoms with Gasteiger partial charge in [0, 0.05) is 12.0 Å². The minimum atomic E-state index is 0.0991. The van der Waals surface area contributed by atoms with Crippen LogP contribution in [0.5, 0.6) is 0 Å². The van der Waals surface area contributed by atoms with Crippen molar-refractivity contribution in [3.05, 3.63) is 29.6 Å². The molecule has 3 nitrogen and oxygen atoms in total. The van der Waals surface area contributed by atoms with Crippen LogP contribution in [0.4, 0.5) is 0 Å². The van der Waals surface area contributed by atoms with E-state index in [1.54, 1.807) is 0 Å². The van der Waals surface area contributed by atoms with Gasteiger partial charge >= 0.3 is 0 Å². The number of fused-ring (bicyclic) bond motifs is 1. The van der Waals surface area contributed by atoms with Crippen molar-refractivity contribution in [1.82, 2.24) is 9.97 Å². The molecule has 0 fully saturated rings. The number of hydrogen-bond acceptors (Lipinski definition) is 2. The summed E-state index contributed by atoms with van der Waals surface area (Å²) in [6.45, 7) is 7.16. The molecule has 16 heavy (non-hydrogen) atoms. The Bertz CT molecular complexity index is 497. The molecule has 3 N–H and O–H groups in total. The highest BCUT2D eigenvalue weighted by Crippen LogP contribution is 2.26. The lowest BCUT2D eigenvalue weighted by atomic mass is 9.90. The summed E-state index contributed by atoms with van der Waals surface area (Å²) in [4.78, 5) is 8.03. The van der Waals surface area contributed by atoms with Crippen molar-refractivity contribution in [2.24, 2.45) is 5.73 Å². The van der Waals surface area contributed by atoms with Crippen molar-refractivity contribution < 1.29 is 0 Å². The van der Waals surface area contributed by atoms with Gasteiger partial charge in [-0.15, -0.1) is 0 Å². The lowest BCUT2D eigenvalue weighted by Gasteiger charge is -2.18. The van der Waals surface area contributed by atoms with Crippen LogP contribution in [0.3, 0.4) is 0 Å². The van der Waals surface area contributed by atoms with Crippen molar-refractivity contribution in [3.8, 4) is 0 Å². The molecular weight excluding hydrogens is 198 g/mol. The number of nitrogens with zero attached hydrogens (tertiary/aromatic N) is 1. The number of hydrogen-bond donors (Lipinski definition) is 2. The number of aromatic nitrogens is 2. The van der Waals surface area contributed by atoms with Gasteiger partial charge in [0.2, 0.25) is 0 Å². The zero-order valence-corrected chi connectivity index (χ0v) is 10.2. The summed E-state index contributed by atoms with van der Waals surface area (Å²) in [7, 11) is 0. The second-order valence-electron chi connectivity index (χ2n) is 4.88. The lowest BCUT2D eigenvalue weighted by molar-refractivity contribution is 0.479. The molecule has 0 atom stereocenters. The molecule has 0 saturated carbocycles. The van der Waals surface area contributed by atoms with Crippen LogP contribution in [0.15, 0.2) is 18.2 Å². The van der Waals surface area contributed by atoms with Crippen LogP contribution in [0.2, 0.25) is 0 Å². The number of nitrogens with two attached hydrogens (primary N) is 1. The first kappa shape index (κ1) is 11.1. The Labute approximate surface area is 96.1 Å². The highest BCUT2D eigenvalue weighted by atomic mass is 14.9. The average molecular weight is 217 g/mol. The summed E-state index contributed by atoms with van der Waals surface area (Å²) < 4.78 is 0. The molecule has 0 aliphatic rings. The molecule has 86 valence electrons. The van der Waals surface area contributed by atoms with Crippen LogP contribution in [0, 0.1) is 0 Å². The summed E-state index contributed by atoms with van der Waals surface area (Å²) in [6.07, 6.45) is 1.07. The van der Waals surface area contributed by atoms with E-state index in [0.717, 1.165) is 28.8 Å². The van der Waals surface area contributed by atoms with E-state index < -0.39 is 0 Å². The van der Waals surface area contributed by atoms with E-state index >= 15 is 0 Å². The third kappa shape index (κ3) is 1.83. The molecule has 0 aliphatic carbocycles. The molecule has 1 aromatic heterocycles. The quantitative estimate of drug-likeness (QED) is 0.830. The highest BCUT2D eigenvalue weighted by molar-refractivity contribution is 5.76. The molecule has 0 saturated heterocycles. The summed E-state index contributed by atoms with van der Waals surface area (Å²) in [5, 5.41) is 0.